The lowest BCUT2D eigenvalue weighted by molar-refractivity contribution is 0.0600. The minimum atomic E-state index is -0.444. The molecule has 4 nitrogen and oxygen atoms in total. The van der Waals surface area contributed by atoms with Gasteiger partial charge >= 0.3 is 5.97 Å². The number of benzene rings is 1. The number of nitrogens with zero attached hydrogens (tertiary/aromatic N) is 1. The first kappa shape index (κ1) is 18.8. The van der Waals surface area contributed by atoms with Crippen molar-refractivity contribution in [3.8, 4) is 0 Å². The van der Waals surface area contributed by atoms with Crippen LogP contribution in [0, 0.1) is 5.82 Å². The van der Waals surface area contributed by atoms with Crippen molar-refractivity contribution >= 4 is 22.9 Å². The number of hydrogen-bond donors (Lipinski definition) is 1. The molecule has 0 fully saturated rings. The molecule has 0 bridgehead atoms. The number of halogens is 1. The zero-order chi connectivity index (χ0) is 18.7. The fourth-order valence-electron chi connectivity index (χ4n) is 2.99. The molecule has 2 aromatic rings. The van der Waals surface area contributed by atoms with Gasteiger partial charge in [-0.2, -0.15) is 0 Å². The third-order valence-corrected chi connectivity index (χ3v) is 4.38. The molecule has 0 saturated carbocycles. The molecule has 0 spiro atoms. The molecular formula is C20H25FN2O2. The summed E-state index contributed by atoms with van der Waals surface area (Å²) in [5, 5.41) is 1.76. The van der Waals surface area contributed by atoms with Crippen LogP contribution in [-0.2, 0) is 11.3 Å². The molecule has 5 heteroatoms. The Hall–Kier alpha value is -2.56. The van der Waals surface area contributed by atoms with Crippen molar-refractivity contribution in [2.24, 2.45) is 0 Å². The summed E-state index contributed by atoms with van der Waals surface area (Å²) in [4.78, 5) is 12.4. The Balaban J connectivity index is 2.85. The largest absolute Gasteiger partial charge is 0.465 e. The lowest BCUT2D eigenvalue weighted by Crippen LogP contribution is -2.34. The molecule has 2 rings (SSSR count). The van der Waals surface area contributed by atoms with Crippen LogP contribution < -0.4 is 16.3 Å². The van der Waals surface area contributed by atoms with Crippen LogP contribution in [0.1, 0.15) is 50.0 Å². The first-order valence-corrected chi connectivity index (χ1v) is 8.29. The van der Waals surface area contributed by atoms with Crippen LogP contribution in [0.4, 0.5) is 10.2 Å². The number of hydrogen-bond acceptors (Lipinski definition) is 3. The summed E-state index contributed by atoms with van der Waals surface area (Å²) in [5.41, 5.74) is 9.78. The van der Waals surface area contributed by atoms with Gasteiger partial charge in [-0.25, -0.2) is 9.18 Å². The number of nitrogen functional groups attached to an aromatic ring is 1. The third kappa shape index (κ3) is 3.60. The molecule has 0 aliphatic heterocycles. The van der Waals surface area contributed by atoms with E-state index in [1.165, 1.54) is 19.2 Å². The topological polar surface area (TPSA) is 57.2 Å². The molecule has 1 aromatic carbocycles. The van der Waals surface area contributed by atoms with Crippen LogP contribution >= 0.6 is 0 Å². The highest BCUT2D eigenvalue weighted by atomic mass is 19.1. The Morgan fingerprint density at radius 3 is 2.28 bits per heavy atom. The molecule has 0 amide bonds. The standard InChI is InChI=1S/C20H25FN2O2/c1-6-13(4)16-17(20(24)25-5)19(22)23(18(16)12(2)3)11-14-7-9-15(21)10-8-14/h7-10H,6,11,22H2,1-5H3. The number of nitrogens with two attached hydrogens (primary N) is 1. The highest BCUT2D eigenvalue weighted by molar-refractivity contribution is 5.95. The average Bonchev–Trinajstić information content (AvgIpc) is 2.88. The number of esters is 1. The summed E-state index contributed by atoms with van der Waals surface area (Å²) in [6.07, 6.45) is 0.796. The molecule has 134 valence electrons. The van der Waals surface area contributed by atoms with Crippen molar-refractivity contribution in [2.75, 3.05) is 12.8 Å². The summed E-state index contributed by atoms with van der Waals surface area (Å²) in [5.74, 6) is -0.357. The zero-order valence-corrected chi connectivity index (χ0v) is 15.4. The Labute approximate surface area is 147 Å². The van der Waals surface area contributed by atoms with Crippen LogP contribution in [0.2, 0.25) is 0 Å². The number of anilines is 1. The van der Waals surface area contributed by atoms with Crippen molar-refractivity contribution in [2.45, 2.75) is 40.7 Å². The number of rotatable bonds is 4. The number of carbonyl (C=O) groups is 1. The van der Waals surface area contributed by atoms with E-state index in [1.54, 1.807) is 12.1 Å². The predicted octanol–water partition coefficient (Wildman–Crippen LogP) is 2.82. The van der Waals surface area contributed by atoms with Crippen LogP contribution in [0.15, 0.2) is 24.3 Å². The van der Waals surface area contributed by atoms with Crippen LogP contribution in [0.25, 0.3) is 11.1 Å². The monoisotopic (exact) mass is 344 g/mol. The molecular weight excluding hydrogens is 319 g/mol. The van der Waals surface area contributed by atoms with E-state index >= 15 is 0 Å². The van der Waals surface area contributed by atoms with E-state index < -0.39 is 5.97 Å². The molecule has 0 aliphatic rings. The maximum atomic E-state index is 13.2. The van der Waals surface area contributed by atoms with E-state index in [1.807, 2.05) is 32.3 Å². The first-order chi connectivity index (χ1) is 11.8. The van der Waals surface area contributed by atoms with Gasteiger partial charge in [0.15, 0.2) is 0 Å². The van der Waals surface area contributed by atoms with Gasteiger partial charge in [-0.1, -0.05) is 30.2 Å². The lowest BCUT2D eigenvalue weighted by atomic mass is 10.1. The summed E-state index contributed by atoms with van der Waals surface area (Å²) in [7, 11) is 1.35. The third-order valence-electron chi connectivity index (χ3n) is 4.38. The van der Waals surface area contributed by atoms with Gasteiger partial charge in [0, 0.05) is 17.1 Å². The summed E-state index contributed by atoms with van der Waals surface area (Å²) in [6.45, 7) is 8.47. The Bertz CT molecular complexity index is 905. The fourth-order valence-corrected chi connectivity index (χ4v) is 2.99. The van der Waals surface area contributed by atoms with Gasteiger partial charge in [0.2, 0.25) is 0 Å². The molecule has 2 N–H and O–H groups in total. The molecule has 1 heterocycles. The minimum absolute atomic E-state index is 0.284. The van der Waals surface area contributed by atoms with Crippen LogP contribution in [0.5, 0.6) is 0 Å². The second-order valence-electron chi connectivity index (χ2n) is 6.32. The van der Waals surface area contributed by atoms with Crippen molar-refractivity contribution in [3.63, 3.8) is 0 Å². The minimum Gasteiger partial charge on any atom is -0.465 e. The smallest absolute Gasteiger partial charge is 0.342 e. The fraction of sp³-hybridized carbons (Fsp3) is 0.350. The summed E-state index contributed by atoms with van der Waals surface area (Å²) < 4.78 is 20.1. The van der Waals surface area contributed by atoms with Crippen molar-refractivity contribution in [1.29, 1.82) is 0 Å². The van der Waals surface area contributed by atoms with Crippen molar-refractivity contribution < 1.29 is 13.9 Å². The molecule has 0 radical (unpaired) electrons. The number of methoxy groups -OCH3 is 1. The predicted molar refractivity (Wildman–Crippen MR) is 99.1 cm³/mol. The summed E-state index contributed by atoms with van der Waals surface area (Å²) >= 11 is 0. The van der Waals surface area contributed by atoms with E-state index in [2.05, 4.69) is 0 Å². The maximum Gasteiger partial charge on any atom is 0.342 e. The quantitative estimate of drug-likeness (QED) is 0.868. The molecule has 0 saturated heterocycles. The SMILES string of the molecule is CCC(C)=c1c(C(=O)OC)c(N)n(Cc2ccc(F)cc2)c1=C(C)C. The van der Waals surface area contributed by atoms with Gasteiger partial charge < -0.3 is 15.0 Å². The molecule has 25 heavy (non-hydrogen) atoms. The zero-order valence-electron chi connectivity index (χ0n) is 15.4. The van der Waals surface area contributed by atoms with E-state index in [9.17, 15) is 9.18 Å². The molecule has 0 atom stereocenters. The first-order valence-electron chi connectivity index (χ1n) is 8.29. The molecule has 0 unspecified atom stereocenters. The second kappa shape index (κ2) is 7.55. The summed E-state index contributed by atoms with van der Waals surface area (Å²) in [6, 6.07) is 6.28. The number of aromatic nitrogens is 1. The Kier molecular flexibility index (Phi) is 5.67. The van der Waals surface area contributed by atoms with Gasteiger partial charge in [-0.15, -0.1) is 0 Å². The van der Waals surface area contributed by atoms with Gasteiger partial charge in [0.25, 0.3) is 0 Å². The van der Waals surface area contributed by atoms with Crippen LogP contribution in [0.3, 0.4) is 0 Å². The van der Waals surface area contributed by atoms with Gasteiger partial charge in [-0.3, -0.25) is 0 Å². The number of ether oxygens (including phenoxy) is 1. The van der Waals surface area contributed by atoms with Crippen molar-refractivity contribution in [1.82, 2.24) is 4.57 Å². The highest BCUT2D eigenvalue weighted by Gasteiger charge is 2.21. The maximum absolute atomic E-state index is 13.2. The molecule has 1 aromatic heterocycles. The van der Waals surface area contributed by atoms with E-state index in [4.69, 9.17) is 10.5 Å². The van der Waals surface area contributed by atoms with Crippen LogP contribution in [-0.4, -0.2) is 17.6 Å². The Morgan fingerprint density at radius 2 is 1.80 bits per heavy atom. The normalized spacial score (nSPS) is 12.1. The Morgan fingerprint density at radius 1 is 1.20 bits per heavy atom. The van der Waals surface area contributed by atoms with E-state index in [0.717, 1.165) is 33.7 Å². The van der Waals surface area contributed by atoms with E-state index in [0.29, 0.717) is 17.9 Å². The average molecular weight is 344 g/mol. The molecule has 0 aliphatic carbocycles. The van der Waals surface area contributed by atoms with Gasteiger partial charge in [0.1, 0.15) is 17.2 Å². The van der Waals surface area contributed by atoms with Crippen molar-refractivity contribution in [3.05, 3.63) is 51.8 Å². The van der Waals surface area contributed by atoms with Gasteiger partial charge in [-0.05, 0) is 44.9 Å². The highest BCUT2D eigenvalue weighted by Crippen LogP contribution is 2.14. The van der Waals surface area contributed by atoms with E-state index in [-0.39, 0.29) is 5.82 Å². The number of carbonyl (C=O) groups excluding carboxylic acids is 1. The van der Waals surface area contributed by atoms with Gasteiger partial charge in [0.05, 0.1) is 7.11 Å². The lowest BCUT2D eigenvalue weighted by Gasteiger charge is -2.09. The second-order valence-corrected chi connectivity index (χ2v) is 6.32.